The first-order valence-corrected chi connectivity index (χ1v) is 18.1. The van der Waals surface area contributed by atoms with Crippen molar-refractivity contribution in [1.29, 1.82) is 0 Å². The van der Waals surface area contributed by atoms with Gasteiger partial charge in [-0.05, 0) is 83.4 Å². The molecule has 0 aliphatic carbocycles. The van der Waals surface area contributed by atoms with Crippen LogP contribution in [0.4, 0.5) is 0 Å². The van der Waals surface area contributed by atoms with Gasteiger partial charge >= 0.3 is 0 Å². The molecular weight excluding hydrogens is 619 g/mol. The third kappa shape index (κ3) is 4.15. The summed E-state index contributed by atoms with van der Waals surface area (Å²) in [5.74, 6) is 0. The van der Waals surface area contributed by atoms with Gasteiger partial charge in [-0.2, -0.15) is 4.57 Å². The van der Waals surface area contributed by atoms with E-state index in [0.717, 1.165) is 24.2 Å². The summed E-state index contributed by atoms with van der Waals surface area (Å²) in [7, 11) is 0. The fourth-order valence-electron chi connectivity index (χ4n) is 9.02. The van der Waals surface area contributed by atoms with Crippen LogP contribution in [0.2, 0.25) is 0 Å². The molecule has 0 fully saturated rings. The van der Waals surface area contributed by atoms with E-state index in [4.69, 9.17) is 6.58 Å². The third-order valence-corrected chi connectivity index (χ3v) is 11.6. The van der Waals surface area contributed by atoms with E-state index < -0.39 is 0 Å². The number of nitrogens with zero attached hydrogens (tertiary/aromatic N) is 3. The molecule has 1 aliphatic rings. The van der Waals surface area contributed by atoms with Crippen molar-refractivity contribution in [3.8, 4) is 33.8 Å². The van der Waals surface area contributed by atoms with Crippen molar-refractivity contribution in [3.63, 3.8) is 0 Å². The molecule has 3 aromatic heterocycles. The van der Waals surface area contributed by atoms with E-state index in [9.17, 15) is 0 Å². The molecule has 51 heavy (non-hydrogen) atoms. The van der Waals surface area contributed by atoms with Gasteiger partial charge in [-0.3, -0.25) is 0 Å². The number of hydrogen-bond acceptors (Lipinski definition) is 0. The van der Waals surface area contributed by atoms with Gasteiger partial charge < -0.3 is 9.13 Å². The van der Waals surface area contributed by atoms with Crippen LogP contribution in [0.15, 0.2) is 164 Å². The van der Waals surface area contributed by atoms with Crippen molar-refractivity contribution in [2.24, 2.45) is 0 Å². The number of aromatic nitrogens is 3. The molecule has 3 nitrogen and oxygen atoms in total. The summed E-state index contributed by atoms with van der Waals surface area (Å²) in [5.41, 5.74) is 14.4. The minimum absolute atomic E-state index is 0.113. The van der Waals surface area contributed by atoms with Gasteiger partial charge in [-0.1, -0.05) is 93.2 Å². The van der Waals surface area contributed by atoms with Crippen LogP contribution in [-0.2, 0) is 5.54 Å². The Bertz CT molecular complexity index is 2830. The van der Waals surface area contributed by atoms with Crippen LogP contribution in [0, 0.1) is 0 Å². The minimum Gasteiger partial charge on any atom is -0.309 e. The summed E-state index contributed by atoms with van der Waals surface area (Å²) in [5, 5.41) is 5.02. The molecule has 0 atom stereocenters. The van der Waals surface area contributed by atoms with Crippen LogP contribution < -0.4 is 4.57 Å². The normalized spacial score (nSPS) is 13.6. The van der Waals surface area contributed by atoms with Gasteiger partial charge in [0.15, 0.2) is 11.7 Å². The molecule has 3 heteroatoms. The number of para-hydroxylation sites is 3. The largest absolute Gasteiger partial charge is 0.309 e. The molecule has 0 saturated heterocycles. The molecule has 0 N–H and O–H groups in total. The lowest BCUT2D eigenvalue weighted by Gasteiger charge is -2.34. The number of rotatable bonds is 5. The Morgan fingerprint density at radius 1 is 0.490 bits per heavy atom. The Labute approximate surface area is 298 Å². The van der Waals surface area contributed by atoms with Crippen molar-refractivity contribution < 1.29 is 4.57 Å². The van der Waals surface area contributed by atoms with E-state index >= 15 is 0 Å². The Morgan fingerprint density at radius 3 is 1.76 bits per heavy atom. The van der Waals surface area contributed by atoms with E-state index in [1.165, 1.54) is 77.1 Å². The van der Waals surface area contributed by atoms with Crippen LogP contribution in [-0.4, -0.2) is 9.13 Å². The first-order chi connectivity index (χ1) is 25.1. The highest BCUT2D eigenvalue weighted by Crippen LogP contribution is 2.45. The Kier molecular flexibility index (Phi) is 6.50. The summed E-state index contributed by atoms with van der Waals surface area (Å²) in [4.78, 5) is 0. The zero-order chi connectivity index (χ0) is 34.3. The smallest absolute Gasteiger partial charge is 0.213 e. The molecule has 0 bridgehead atoms. The van der Waals surface area contributed by atoms with E-state index in [1.807, 2.05) is 0 Å². The van der Waals surface area contributed by atoms with Crippen LogP contribution >= 0.6 is 0 Å². The summed E-state index contributed by atoms with van der Waals surface area (Å²) in [6.07, 6.45) is 4.25. The maximum absolute atomic E-state index is 4.70. The van der Waals surface area contributed by atoms with Crippen molar-refractivity contribution >= 4 is 49.2 Å². The van der Waals surface area contributed by atoms with Gasteiger partial charge in [0.2, 0.25) is 5.69 Å². The molecule has 4 heterocycles. The fourth-order valence-corrected chi connectivity index (χ4v) is 9.02. The number of fused-ring (bicyclic) bond motifs is 9. The lowest BCUT2D eigenvalue weighted by Crippen LogP contribution is -2.59. The summed E-state index contributed by atoms with van der Waals surface area (Å²) >= 11 is 0. The molecule has 1 aliphatic heterocycles. The van der Waals surface area contributed by atoms with E-state index in [1.54, 1.807) is 0 Å². The first-order valence-electron chi connectivity index (χ1n) is 18.1. The molecule has 0 unspecified atom stereocenters. The molecule has 0 amide bonds. The van der Waals surface area contributed by atoms with Crippen molar-refractivity contribution in [1.82, 2.24) is 9.13 Å². The van der Waals surface area contributed by atoms with Crippen LogP contribution in [0.25, 0.3) is 82.9 Å². The monoisotopic (exact) mass is 656 g/mol. The maximum atomic E-state index is 4.70. The van der Waals surface area contributed by atoms with Crippen molar-refractivity contribution in [3.05, 3.63) is 170 Å². The predicted molar refractivity (Wildman–Crippen MR) is 214 cm³/mol. The van der Waals surface area contributed by atoms with Gasteiger partial charge in [0, 0.05) is 63.5 Å². The maximum Gasteiger partial charge on any atom is 0.213 e. The highest BCUT2D eigenvalue weighted by Gasteiger charge is 2.46. The number of allylic oxidation sites excluding steroid dienone is 1. The van der Waals surface area contributed by atoms with Gasteiger partial charge in [0.05, 0.1) is 27.6 Å². The lowest BCUT2D eigenvalue weighted by atomic mass is 9.75. The van der Waals surface area contributed by atoms with Gasteiger partial charge in [0.25, 0.3) is 0 Å². The fraction of sp³-hybridized carbons (Fsp3) is 0.104. The number of hydrogen-bond donors (Lipinski definition) is 0. The van der Waals surface area contributed by atoms with Crippen LogP contribution in [0.1, 0.15) is 32.3 Å². The lowest BCUT2D eigenvalue weighted by molar-refractivity contribution is -0.741. The Balaban J connectivity index is 1.24. The van der Waals surface area contributed by atoms with Gasteiger partial charge in [-0.25, -0.2) is 0 Å². The summed E-state index contributed by atoms with van der Waals surface area (Å²) in [6, 6.07) is 55.7. The molecule has 0 radical (unpaired) electrons. The first kappa shape index (κ1) is 29.7. The number of benzene rings is 6. The second-order valence-electron chi connectivity index (χ2n) is 13.9. The molecule has 0 saturated carbocycles. The predicted octanol–water partition coefficient (Wildman–Crippen LogP) is 12.0. The summed E-state index contributed by atoms with van der Waals surface area (Å²) in [6.45, 7) is 9.27. The van der Waals surface area contributed by atoms with Crippen molar-refractivity contribution in [2.75, 3.05) is 0 Å². The van der Waals surface area contributed by atoms with E-state index in [0.29, 0.717) is 0 Å². The third-order valence-electron chi connectivity index (χ3n) is 11.6. The molecule has 0 spiro atoms. The molecule has 244 valence electrons. The zero-order valence-electron chi connectivity index (χ0n) is 29.0. The standard InChI is InChI=1S/C48H38N3/c1-4-48(5-2)32(3)37-25-23-33(28-39(37)43-21-14-15-27-49(43)48)34-24-26-45-40(29-34)42-30-41-38-20-12-13-22-44(38)50(35-16-8-6-9-17-35)46(41)31-47(42)51(45)36-18-10-7-11-19-36/h6-31H,3-5H2,1-2H3/q+1. The minimum atomic E-state index is -0.113. The van der Waals surface area contributed by atoms with E-state index in [2.05, 4.69) is 185 Å². The Morgan fingerprint density at radius 2 is 1.06 bits per heavy atom. The molecule has 6 aromatic carbocycles. The van der Waals surface area contributed by atoms with Gasteiger partial charge in [0.1, 0.15) is 0 Å². The highest BCUT2D eigenvalue weighted by molar-refractivity contribution is 6.19. The topological polar surface area (TPSA) is 13.7 Å². The van der Waals surface area contributed by atoms with Gasteiger partial charge in [-0.15, -0.1) is 0 Å². The second kappa shape index (κ2) is 11.2. The average molecular weight is 657 g/mol. The Hall–Kier alpha value is -6.19. The molecule has 10 rings (SSSR count). The van der Waals surface area contributed by atoms with Crippen LogP contribution in [0.3, 0.4) is 0 Å². The summed E-state index contributed by atoms with van der Waals surface area (Å²) < 4.78 is 7.31. The zero-order valence-corrected chi connectivity index (χ0v) is 29.0. The molecule has 9 aromatic rings. The van der Waals surface area contributed by atoms with Crippen molar-refractivity contribution in [2.45, 2.75) is 32.2 Å². The number of pyridine rings is 1. The second-order valence-corrected chi connectivity index (χ2v) is 13.9. The molecular formula is C48H38N3+. The highest BCUT2D eigenvalue weighted by atomic mass is 15.1. The van der Waals surface area contributed by atoms with E-state index in [-0.39, 0.29) is 5.54 Å². The SMILES string of the molecule is C=C1c2ccc(-c3ccc4c(c3)c3cc5c6ccccc6n(-c6ccccc6)c5cc3n4-c3ccccc3)cc2-c2cccc[n+]2C1(CC)CC. The van der Waals surface area contributed by atoms with Crippen LogP contribution in [0.5, 0.6) is 0 Å². The average Bonchev–Trinajstić information content (AvgIpc) is 3.69. The quantitative estimate of drug-likeness (QED) is 0.164.